The highest BCUT2D eigenvalue weighted by atomic mass is 16.6. The number of carbonyl (C=O) groups excluding carboxylic acids is 1. The smallest absolute Gasteiger partial charge is 0.294 e. The van der Waals surface area contributed by atoms with Gasteiger partial charge in [0.2, 0.25) is 11.6 Å². The number of aromatic nitrogens is 5. The molecule has 2 aromatic carbocycles. The van der Waals surface area contributed by atoms with Crippen molar-refractivity contribution < 1.29 is 14.3 Å². The van der Waals surface area contributed by atoms with Gasteiger partial charge in [-0.3, -0.25) is 14.9 Å². The second-order valence-electron chi connectivity index (χ2n) is 7.49. The standard InChI is InChI=1S/C21H19N9O4/c1-11-7-12(2)16(13(3)8-11)10-23-25-21(31)17-18(14-5-4-6-15(9-14)30(32)33)29(28-24-17)20-19(22)26-34-27-20/h4-10H,1-3H3,(H2,22,26)(H,25,31). The van der Waals surface area contributed by atoms with Crippen LogP contribution in [-0.2, 0) is 0 Å². The summed E-state index contributed by atoms with van der Waals surface area (Å²) in [5.41, 5.74) is 12.2. The maximum Gasteiger partial charge on any atom is 0.294 e. The second-order valence-corrected chi connectivity index (χ2v) is 7.49. The molecule has 0 radical (unpaired) electrons. The molecule has 0 atom stereocenters. The molecule has 2 heterocycles. The van der Waals surface area contributed by atoms with Gasteiger partial charge in [-0.25, -0.2) is 10.1 Å². The van der Waals surface area contributed by atoms with Crippen LogP contribution in [0.5, 0.6) is 0 Å². The number of nitrogens with two attached hydrogens (primary N) is 1. The molecule has 0 spiro atoms. The van der Waals surface area contributed by atoms with E-state index >= 15 is 0 Å². The molecule has 13 nitrogen and oxygen atoms in total. The fourth-order valence-electron chi connectivity index (χ4n) is 3.55. The Labute approximate surface area is 192 Å². The summed E-state index contributed by atoms with van der Waals surface area (Å²) < 4.78 is 5.74. The molecule has 2 aromatic heterocycles. The first kappa shape index (κ1) is 22.3. The van der Waals surface area contributed by atoms with Crippen molar-refractivity contribution in [1.29, 1.82) is 0 Å². The quantitative estimate of drug-likeness (QED) is 0.248. The van der Waals surface area contributed by atoms with Crippen LogP contribution in [0.1, 0.15) is 32.7 Å². The number of nitrogen functional groups attached to an aromatic ring is 1. The van der Waals surface area contributed by atoms with Gasteiger partial charge in [0.25, 0.3) is 11.6 Å². The first-order valence-corrected chi connectivity index (χ1v) is 9.96. The van der Waals surface area contributed by atoms with Crippen LogP contribution in [0.3, 0.4) is 0 Å². The Hall–Kier alpha value is -4.94. The molecule has 4 rings (SSSR count). The average molecular weight is 461 g/mol. The second kappa shape index (κ2) is 8.90. The number of aryl methyl sites for hydroxylation is 3. The molecule has 0 aliphatic heterocycles. The summed E-state index contributed by atoms with van der Waals surface area (Å²) in [7, 11) is 0. The lowest BCUT2D eigenvalue weighted by Gasteiger charge is -2.07. The molecule has 1 amide bonds. The first-order chi connectivity index (χ1) is 16.3. The van der Waals surface area contributed by atoms with E-state index < -0.39 is 10.8 Å². The van der Waals surface area contributed by atoms with Crippen LogP contribution >= 0.6 is 0 Å². The van der Waals surface area contributed by atoms with E-state index in [0.717, 1.165) is 26.9 Å². The fraction of sp³-hybridized carbons (Fsp3) is 0.143. The zero-order valence-corrected chi connectivity index (χ0v) is 18.4. The van der Waals surface area contributed by atoms with Crippen LogP contribution in [0.15, 0.2) is 46.1 Å². The number of nitrogens with zero attached hydrogens (tertiary/aromatic N) is 7. The van der Waals surface area contributed by atoms with Gasteiger partial charge in [0.05, 0.1) is 11.1 Å². The topological polar surface area (TPSA) is 180 Å². The van der Waals surface area contributed by atoms with Gasteiger partial charge in [-0.1, -0.05) is 35.0 Å². The minimum atomic E-state index is -0.693. The van der Waals surface area contributed by atoms with Crippen molar-refractivity contribution >= 4 is 23.6 Å². The lowest BCUT2D eigenvalue weighted by molar-refractivity contribution is -0.384. The summed E-state index contributed by atoms with van der Waals surface area (Å²) in [4.78, 5) is 23.7. The zero-order chi connectivity index (χ0) is 24.4. The summed E-state index contributed by atoms with van der Waals surface area (Å²) in [5, 5.41) is 30.4. The van der Waals surface area contributed by atoms with Gasteiger partial charge in [-0.15, -0.1) is 5.10 Å². The molecule has 13 heteroatoms. The molecule has 3 N–H and O–H groups in total. The van der Waals surface area contributed by atoms with Gasteiger partial charge in [-0.05, 0) is 42.2 Å². The van der Waals surface area contributed by atoms with Crippen molar-refractivity contribution in [2.45, 2.75) is 20.8 Å². The Bertz CT molecular complexity index is 1410. The molecule has 172 valence electrons. The number of hydrogen-bond donors (Lipinski definition) is 2. The van der Waals surface area contributed by atoms with Gasteiger partial charge in [-0.2, -0.15) is 9.78 Å². The highest BCUT2D eigenvalue weighted by molar-refractivity contribution is 5.99. The summed E-state index contributed by atoms with van der Waals surface area (Å²) in [6.07, 6.45) is 1.54. The van der Waals surface area contributed by atoms with E-state index in [2.05, 4.69) is 35.8 Å². The van der Waals surface area contributed by atoms with Crippen LogP contribution in [0.25, 0.3) is 17.1 Å². The average Bonchev–Trinajstić information content (AvgIpc) is 3.41. The maximum absolute atomic E-state index is 13.0. The Kier molecular flexibility index (Phi) is 5.82. The minimum Gasteiger partial charge on any atom is -0.378 e. The van der Waals surface area contributed by atoms with Gasteiger partial charge in [0, 0.05) is 23.3 Å². The molecule has 0 aliphatic rings. The van der Waals surface area contributed by atoms with Crippen LogP contribution < -0.4 is 11.2 Å². The van der Waals surface area contributed by atoms with Crippen LogP contribution in [0.2, 0.25) is 0 Å². The largest absolute Gasteiger partial charge is 0.378 e. The molecule has 0 aliphatic carbocycles. The number of nitro groups is 1. The van der Waals surface area contributed by atoms with E-state index in [1.54, 1.807) is 12.3 Å². The van der Waals surface area contributed by atoms with Crippen LogP contribution in [0, 0.1) is 30.9 Å². The van der Waals surface area contributed by atoms with Gasteiger partial charge < -0.3 is 5.73 Å². The lowest BCUT2D eigenvalue weighted by Crippen LogP contribution is -2.19. The molecule has 0 bridgehead atoms. The van der Waals surface area contributed by atoms with E-state index in [4.69, 9.17) is 5.73 Å². The Morgan fingerprint density at radius 2 is 1.94 bits per heavy atom. The Morgan fingerprint density at radius 3 is 2.59 bits per heavy atom. The number of non-ortho nitro benzene ring substituents is 1. The van der Waals surface area contributed by atoms with Gasteiger partial charge in [0.1, 0.15) is 5.69 Å². The number of amides is 1. The molecule has 0 saturated carbocycles. The number of carbonyl (C=O) groups is 1. The Morgan fingerprint density at radius 1 is 1.21 bits per heavy atom. The van der Waals surface area contributed by atoms with Crippen molar-refractivity contribution in [3.8, 4) is 17.1 Å². The first-order valence-electron chi connectivity index (χ1n) is 9.96. The van der Waals surface area contributed by atoms with Crippen LogP contribution in [-0.4, -0.2) is 42.4 Å². The van der Waals surface area contributed by atoms with E-state index in [1.165, 1.54) is 18.2 Å². The van der Waals surface area contributed by atoms with Crippen molar-refractivity contribution in [3.63, 3.8) is 0 Å². The monoisotopic (exact) mass is 461 g/mol. The summed E-state index contributed by atoms with van der Waals surface area (Å²) in [5.74, 6) is -0.823. The third-order valence-corrected chi connectivity index (χ3v) is 5.01. The number of hydrogen-bond acceptors (Lipinski definition) is 10. The number of nitro benzene ring substituents is 1. The number of rotatable bonds is 6. The molecule has 0 unspecified atom stereocenters. The van der Waals surface area contributed by atoms with E-state index in [1.807, 2.05) is 32.9 Å². The highest BCUT2D eigenvalue weighted by Gasteiger charge is 2.26. The molecule has 0 saturated heterocycles. The predicted octanol–water partition coefficient (Wildman–Crippen LogP) is 2.50. The van der Waals surface area contributed by atoms with Crippen molar-refractivity contribution in [2.75, 3.05) is 5.73 Å². The number of hydrazone groups is 1. The van der Waals surface area contributed by atoms with Crippen LogP contribution in [0.4, 0.5) is 11.5 Å². The zero-order valence-electron chi connectivity index (χ0n) is 18.4. The third kappa shape index (κ3) is 4.21. The number of anilines is 1. The highest BCUT2D eigenvalue weighted by Crippen LogP contribution is 2.29. The maximum atomic E-state index is 13.0. The Balaban J connectivity index is 1.73. The third-order valence-electron chi connectivity index (χ3n) is 5.01. The van der Waals surface area contributed by atoms with E-state index in [9.17, 15) is 14.9 Å². The molecular formula is C21H19N9O4. The van der Waals surface area contributed by atoms with Gasteiger partial charge in [0.15, 0.2) is 5.69 Å². The SMILES string of the molecule is Cc1cc(C)c(C=NNC(=O)c2nnn(-c3nonc3N)c2-c2cccc([N+](=O)[O-])c2)c(C)c1. The fourth-order valence-corrected chi connectivity index (χ4v) is 3.55. The summed E-state index contributed by atoms with van der Waals surface area (Å²) in [6, 6.07) is 9.65. The molecule has 34 heavy (non-hydrogen) atoms. The number of benzene rings is 2. The molecule has 0 fully saturated rings. The molecular weight excluding hydrogens is 442 g/mol. The predicted molar refractivity (Wildman–Crippen MR) is 121 cm³/mol. The summed E-state index contributed by atoms with van der Waals surface area (Å²) >= 11 is 0. The van der Waals surface area contributed by atoms with Crippen molar-refractivity contribution in [2.24, 2.45) is 5.10 Å². The lowest BCUT2D eigenvalue weighted by atomic mass is 10.0. The van der Waals surface area contributed by atoms with E-state index in [0.29, 0.717) is 0 Å². The normalized spacial score (nSPS) is 11.1. The van der Waals surface area contributed by atoms with E-state index in [-0.39, 0.29) is 34.3 Å². The van der Waals surface area contributed by atoms with Gasteiger partial charge >= 0.3 is 0 Å². The number of nitrogens with one attached hydrogen (secondary N) is 1. The van der Waals surface area contributed by atoms with Crippen molar-refractivity contribution in [1.82, 2.24) is 30.7 Å². The summed E-state index contributed by atoms with van der Waals surface area (Å²) in [6.45, 7) is 5.90. The molecule has 4 aromatic rings. The van der Waals surface area contributed by atoms with Crippen molar-refractivity contribution in [3.05, 3.63) is 74.5 Å². The minimum absolute atomic E-state index is 0.0255.